The van der Waals surface area contributed by atoms with E-state index in [0.29, 0.717) is 18.7 Å². The summed E-state index contributed by atoms with van der Waals surface area (Å²) in [6, 6.07) is 0.999. The molecular formula is C12H24N2O2. The van der Waals surface area contributed by atoms with Gasteiger partial charge in [-0.2, -0.15) is 0 Å². The van der Waals surface area contributed by atoms with E-state index >= 15 is 0 Å². The maximum absolute atomic E-state index is 11.5. The largest absolute Gasteiger partial charge is 0.466 e. The molecule has 0 bridgehead atoms. The highest BCUT2D eigenvalue weighted by molar-refractivity contribution is 5.72. The number of carbonyl (C=O) groups is 1. The molecule has 0 amide bonds. The third-order valence-electron chi connectivity index (χ3n) is 3.09. The lowest BCUT2D eigenvalue weighted by molar-refractivity contribution is -0.148. The zero-order chi connectivity index (χ0) is 12.1. The summed E-state index contributed by atoms with van der Waals surface area (Å²) in [6.07, 6.45) is 0. The fraction of sp³-hybridized carbons (Fsp3) is 0.917. The summed E-state index contributed by atoms with van der Waals surface area (Å²) in [6.45, 7) is 11.4. The van der Waals surface area contributed by atoms with Gasteiger partial charge >= 0.3 is 5.97 Å². The van der Waals surface area contributed by atoms with Crippen molar-refractivity contribution in [3.63, 3.8) is 0 Å². The van der Waals surface area contributed by atoms with Crippen LogP contribution in [-0.2, 0) is 9.53 Å². The number of ether oxygens (including phenoxy) is 1. The van der Waals surface area contributed by atoms with Crippen LogP contribution in [0.25, 0.3) is 0 Å². The van der Waals surface area contributed by atoms with E-state index < -0.39 is 0 Å². The highest BCUT2D eigenvalue weighted by Gasteiger charge is 2.26. The lowest BCUT2D eigenvalue weighted by atomic mass is 10.1. The molecule has 4 heteroatoms. The molecule has 0 saturated carbocycles. The molecule has 1 rings (SSSR count). The highest BCUT2D eigenvalue weighted by Crippen LogP contribution is 2.10. The van der Waals surface area contributed by atoms with Crippen molar-refractivity contribution in [3.05, 3.63) is 0 Å². The van der Waals surface area contributed by atoms with Crippen LogP contribution in [0, 0.1) is 5.92 Å². The van der Waals surface area contributed by atoms with Crippen LogP contribution < -0.4 is 5.32 Å². The normalized spacial score (nSPS) is 28.8. The second-order valence-electron chi connectivity index (χ2n) is 4.77. The summed E-state index contributed by atoms with van der Waals surface area (Å²) in [5, 5.41) is 3.43. The van der Waals surface area contributed by atoms with E-state index in [-0.39, 0.29) is 11.9 Å². The molecule has 3 atom stereocenters. The molecule has 0 aromatic carbocycles. The molecule has 0 radical (unpaired) electrons. The van der Waals surface area contributed by atoms with Crippen molar-refractivity contribution in [2.45, 2.75) is 39.8 Å². The standard InChI is InChI=1S/C12H24N2O2/c1-5-16-12(15)9(2)7-14-8-10(3)13-6-11(14)4/h9-11,13H,5-8H2,1-4H3. The van der Waals surface area contributed by atoms with E-state index in [0.717, 1.165) is 19.6 Å². The van der Waals surface area contributed by atoms with Crippen LogP contribution in [0.5, 0.6) is 0 Å². The Hall–Kier alpha value is -0.610. The zero-order valence-corrected chi connectivity index (χ0v) is 10.8. The Bertz CT molecular complexity index is 233. The first kappa shape index (κ1) is 13.5. The van der Waals surface area contributed by atoms with Gasteiger partial charge in [-0.3, -0.25) is 9.69 Å². The van der Waals surface area contributed by atoms with Crippen molar-refractivity contribution in [2.75, 3.05) is 26.2 Å². The van der Waals surface area contributed by atoms with Gasteiger partial charge in [0.15, 0.2) is 0 Å². The Morgan fingerprint density at radius 3 is 2.88 bits per heavy atom. The third-order valence-corrected chi connectivity index (χ3v) is 3.09. The monoisotopic (exact) mass is 228 g/mol. The Morgan fingerprint density at radius 2 is 2.25 bits per heavy atom. The summed E-state index contributed by atoms with van der Waals surface area (Å²) < 4.78 is 5.03. The molecule has 0 aromatic heterocycles. The molecule has 1 heterocycles. The predicted octanol–water partition coefficient (Wildman–Crippen LogP) is 0.868. The lowest BCUT2D eigenvalue weighted by Crippen LogP contribution is -2.55. The van der Waals surface area contributed by atoms with Crippen LogP contribution in [0.4, 0.5) is 0 Å². The Labute approximate surface area is 98.3 Å². The molecule has 16 heavy (non-hydrogen) atoms. The van der Waals surface area contributed by atoms with E-state index in [2.05, 4.69) is 24.1 Å². The minimum atomic E-state index is -0.0825. The lowest BCUT2D eigenvalue weighted by Gasteiger charge is -2.38. The number of esters is 1. The van der Waals surface area contributed by atoms with Gasteiger partial charge in [-0.1, -0.05) is 6.92 Å². The quantitative estimate of drug-likeness (QED) is 0.725. The number of nitrogens with zero attached hydrogens (tertiary/aromatic N) is 1. The number of nitrogens with one attached hydrogen (secondary N) is 1. The van der Waals surface area contributed by atoms with Gasteiger partial charge in [-0.05, 0) is 20.8 Å². The number of piperazine rings is 1. The van der Waals surface area contributed by atoms with Crippen LogP contribution in [0.15, 0.2) is 0 Å². The average Bonchev–Trinajstić information content (AvgIpc) is 2.23. The molecule has 1 fully saturated rings. The van der Waals surface area contributed by atoms with E-state index in [1.807, 2.05) is 13.8 Å². The van der Waals surface area contributed by atoms with Crippen LogP contribution >= 0.6 is 0 Å². The Morgan fingerprint density at radius 1 is 1.56 bits per heavy atom. The van der Waals surface area contributed by atoms with Gasteiger partial charge < -0.3 is 10.1 Å². The molecule has 1 N–H and O–H groups in total. The van der Waals surface area contributed by atoms with E-state index in [4.69, 9.17) is 4.74 Å². The van der Waals surface area contributed by atoms with Gasteiger partial charge in [0.2, 0.25) is 0 Å². The first-order valence-corrected chi connectivity index (χ1v) is 6.18. The molecule has 94 valence electrons. The van der Waals surface area contributed by atoms with Crippen LogP contribution in [0.2, 0.25) is 0 Å². The minimum absolute atomic E-state index is 0.0345. The minimum Gasteiger partial charge on any atom is -0.466 e. The predicted molar refractivity (Wildman–Crippen MR) is 64.3 cm³/mol. The molecule has 0 spiro atoms. The van der Waals surface area contributed by atoms with Gasteiger partial charge in [-0.15, -0.1) is 0 Å². The van der Waals surface area contributed by atoms with Gasteiger partial charge in [0.1, 0.15) is 0 Å². The first-order valence-electron chi connectivity index (χ1n) is 6.18. The van der Waals surface area contributed by atoms with Gasteiger partial charge in [0.05, 0.1) is 12.5 Å². The van der Waals surface area contributed by atoms with Crippen molar-refractivity contribution in [1.82, 2.24) is 10.2 Å². The molecule has 1 saturated heterocycles. The Kier molecular flexibility index (Phi) is 5.22. The Balaban J connectivity index is 2.42. The van der Waals surface area contributed by atoms with E-state index in [9.17, 15) is 4.79 Å². The highest BCUT2D eigenvalue weighted by atomic mass is 16.5. The van der Waals surface area contributed by atoms with E-state index in [1.165, 1.54) is 0 Å². The molecule has 3 unspecified atom stereocenters. The third kappa shape index (κ3) is 3.76. The van der Waals surface area contributed by atoms with Crippen molar-refractivity contribution in [3.8, 4) is 0 Å². The summed E-state index contributed by atoms with van der Waals surface area (Å²) in [4.78, 5) is 13.9. The topological polar surface area (TPSA) is 41.6 Å². The van der Waals surface area contributed by atoms with Gasteiger partial charge in [0.25, 0.3) is 0 Å². The van der Waals surface area contributed by atoms with Crippen molar-refractivity contribution in [2.24, 2.45) is 5.92 Å². The second kappa shape index (κ2) is 6.21. The SMILES string of the molecule is CCOC(=O)C(C)CN1CC(C)NCC1C. The number of hydrogen-bond donors (Lipinski definition) is 1. The van der Waals surface area contributed by atoms with Crippen LogP contribution in [0.1, 0.15) is 27.7 Å². The first-order chi connectivity index (χ1) is 7.54. The maximum Gasteiger partial charge on any atom is 0.309 e. The van der Waals surface area contributed by atoms with Crippen molar-refractivity contribution in [1.29, 1.82) is 0 Å². The van der Waals surface area contributed by atoms with Gasteiger partial charge in [0, 0.05) is 31.7 Å². The number of rotatable bonds is 4. The summed E-state index contributed by atoms with van der Waals surface area (Å²) in [5.74, 6) is -0.117. The smallest absolute Gasteiger partial charge is 0.309 e. The number of hydrogen-bond acceptors (Lipinski definition) is 4. The van der Waals surface area contributed by atoms with Crippen molar-refractivity contribution < 1.29 is 9.53 Å². The fourth-order valence-corrected chi connectivity index (χ4v) is 2.06. The molecule has 0 aromatic rings. The fourth-order valence-electron chi connectivity index (χ4n) is 2.06. The van der Waals surface area contributed by atoms with Gasteiger partial charge in [-0.25, -0.2) is 0 Å². The molecular weight excluding hydrogens is 204 g/mol. The number of carbonyl (C=O) groups excluding carboxylic acids is 1. The molecule has 1 aliphatic rings. The summed E-state index contributed by atoms with van der Waals surface area (Å²) in [5.41, 5.74) is 0. The second-order valence-corrected chi connectivity index (χ2v) is 4.77. The van der Waals surface area contributed by atoms with Crippen LogP contribution in [0.3, 0.4) is 0 Å². The zero-order valence-electron chi connectivity index (χ0n) is 10.8. The molecule has 0 aliphatic carbocycles. The van der Waals surface area contributed by atoms with Crippen molar-refractivity contribution >= 4 is 5.97 Å². The average molecular weight is 228 g/mol. The van der Waals surface area contributed by atoms with E-state index in [1.54, 1.807) is 0 Å². The summed E-state index contributed by atoms with van der Waals surface area (Å²) >= 11 is 0. The maximum atomic E-state index is 11.5. The van der Waals surface area contributed by atoms with Crippen LogP contribution in [-0.4, -0.2) is 49.2 Å². The summed E-state index contributed by atoms with van der Waals surface area (Å²) in [7, 11) is 0. The molecule has 1 aliphatic heterocycles. The molecule has 4 nitrogen and oxygen atoms in total.